The largest absolute Gasteiger partial charge is 0.384 e. The van der Waals surface area contributed by atoms with Crippen LogP contribution in [0.15, 0.2) is 24.4 Å². The molecule has 1 aromatic heterocycles. The van der Waals surface area contributed by atoms with Crippen molar-refractivity contribution in [1.82, 2.24) is 9.88 Å². The molecular formula is C18H23N3O. The van der Waals surface area contributed by atoms with Crippen molar-refractivity contribution in [3.63, 3.8) is 0 Å². The summed E-state index contributed by atoms with van der Waals surface area (Å²) in [6.45, 7) is 8.77. The van der Waals surface area contributed by atoms with Gasteiger partial charge in [-0.3, -0.25) is 9.78 Å². The summed E-state index contributed by atoms with van der Waals surface area (Å²) in [4.78, 5) is 18.3. The van der Waals surface area contributed by atoms with Crippen LogP contribution in [0.25, 0.3) is 10.9 Å². The van der Waals surface area contributed by atoms with Crippen LogP contribution in [0.4, 0.5) is 5.69 Å². The molecule has 1 N–H and O–H groups in total. The number of nitrogens with zero attached hydrogens (tertiary/aromatic N) is 2. The number of likely N-dealkylation sites (tertiary alicyclic amines) is 1. The molecule has 0 aliphatic carbocycles. The molecule has 0 saturated carbocycles. The molecule has 3 rings (SSSR count). The molecule has 4 heteroatoms. The predicted octanol–water partition coefficient (Wildman–Crippen LogP) is 3.13. The summed E-state index contributed by atoms with van der Waals surface area (Å²) in [5, 5.41) is 4.68. The number of rotatable bonds is 4. The minimum atomic E-state index is 0.278. The third-order valence-corrected chi connectivity index (χ3v) is 4.69. The van der Waals surface area contributed by atoms with Gasteiger partial charge in [0, 0.05) is 49.2 Å². The zero-order valence-corrected chi connectivity index (χ0v) is 13.5. The number of pyridine rings is 1. The van der Waals surface area contributed by atoms with Crippen molar-refractivity contribution in [2.75, 3.05) is 25.0 Å². The predicted molar refractivity (Wildman–Crippen MR) is 90.1 cm³/mol. The molecule has 4 nitrogen and oxygen atoms in total. The molecule has 0 spiro atoms. The van der Waals surface area contributed by atoms with E-state index in [1.807, 2.05) is 24.1 Å². The van der Waals surface area contributed by atoms with Crippen molar-refractivity contribution in [3.8, 4) is 0 Å². The molecular weight excluding hydrogens is 274 g/mol. The minimum absolute atomic E-state index is 0.278. The maximum Gasteiger partial charge on any atom is 0.222 e. The average molecular weight is 297 g/mol. The monoisotopic (exact) mass is 297 g/mol. The Bertz CT molecular complexity index is 711. The van der Waals surface area contributed by atoms with Crippen molar-refractivity contribution in [2.45, 2.75) is 27.2 Å². The molecule has 1 unspecified atom stereocenters. The summed E-state index contributed by atoms with van der Waals surface area (Å²) >= 11 is 0. The molecule has 1 atom stereocenters. The van der Waals surface area contributed by atoms with Gasteiger partial charge in [0.25, 0.3) is 0 Å². The van der Waals surface area contributed by atoms with Gasteiger partial charge in [0.1, 0.15) is 0 Å². The third kappa shape index (κ3) is 2.65. The highest BCUT2D eigenvalue weighted by Gasteiger charge is 2.28. The first kappa shape index (κ1) is 14.8. The first-order valence-corrected chi connectivity index (χ1v) is 7.96. The molecule has 1 amide bonds. The fourth-order valence-corrected chi connectivity index (χ4v) is 3.17. The van der Waals surface area contributed by atoms with Crippen LogP contribution in [0.1, 0.15) is 24.5 Å². The van der Waals surface area contributed by atoms with E-state index in [1.54, 1.807) is 0 Å². The van der Waals surface area contributed by atoms with Gasteiger partial charge in [-0.05, 0) is 38.0 Å². The summed E-state index contributed by atoms with van der Waals surface area (Å²) < 4.78 is 0. The number of carbonyl (C=O) groups is 1. The molecule has 0 bridgehead atoms. The molecule has 2 heterocycles. The maximum atomic E-state index is 11.8. The lowest BCUT2D eigenvalue weighted by Gasteiger charge is -2.16. The second kappa shape index (κ2) is 5.95. The highest BCUT2D eigenvalue weighted by atomic mass is 16.2. The fourth-order valence-electron chi connectivity index (χ4n) is 3.17. The minimum Gasteiger partial charge on any atom is -0.384 e. The lowest BCUT2D eigenvalue weighted by Crippen LogP contribution is -2.25. The van der Waals surface area contributed by atoms with E-state index < -0.39 is 0 Å². The van der Waals surface area contributed by atoms with Gasteiger partial charge in [-0.25, -0.2) is 0 Å². The van der Waals surface area contributed by atoms with Crippen LogP contribution in [0, 0.1) is 19.8 Å². The Hall–Kier alpha value is -2.10. The van der Waals surface area contributed by atoms with Gasteiger partial charge in [0.2, 0.25) is 5.91 Å². The second-order valence-corrected chi connectivity index (χ2v) is 6.15. The molecule has 1 saturated heterocycles. The Morgan fingerprint density at radius 2 is 2.14 bits per heavy atom. The standard InChI is InChI=1S/C18H23N3O/c1-4-21-11-14(9-17(21)22)10-20-16-7-8-19-18-13(3)12(2)5-6-15(16)18/h5-8,14H,4,9-11H2,1-3H3,(H,19,20). The van der Waals surface area contributed by atoms with Crippen LogP contribution >= 0.6 is 0 Å². The zero-order valence-electron chi connectivity index (χ0n) is 13.5. The van der Waals surface area contributed by atoms with E-state index in [2.05, 4.69) is 36.3 Å². The fraction of sp³-hybridized carbons (Fsp3) is 0.444. The number of benzene rings is 1. The molecule has 1 aliphatic heterocycles. The zero-order chi connectivity index (χ0) is 15.7. The Balaban J connectivity index is 1.78. The smallest absolute Gasteiger partial charge is 0.222 e. The summed E-state index contributed by atoms with van der Waals surface area (Å²) in [7, 11) is 0. The number of fused-ring (bicyclic) bond motifs is 1. The van der Waals surface area contributed by atoms with E-state index in [0.29, 0.717) is 12.3 Å². The quantitative estimate of drug-likeness (QED) is 0.943. The Morgan fingerprint density at radius 3 is 2.86 bits per heavy atom. The number of nitrogens with one attached hydrogen (secondary N) is 1. The number of hydrogen-bond acceptors (Lipinski definition) is 3. The van der Waals surface area contributed by atoms with Gasteiger partial charge in [-0.1, -0.05) is 12.1 Å². The Morgan fingerprint density at radius 1 is 1.32 bits per heavy atom. The van der Waals surface area contributed by atoms with Crippen LogP contribution in [0.3, 0.4) is 0 Å². The lowest BCUT2D eigenvalue weighted by atomic mass is 10.0. The van der Waals surface area contributed by atoms with Gasteiger partial charge in [-0.15, -0.1) is 0 Å². The number of carbonyl (C=O) groups excluding carboxylic acids is 1. The number of amides is 1. The number of aryl methyl sites for hydroxylation is 2. The first-order chi connectivity index (χ1) is 10.6. The van der Waals surface area contributed by atoms with E-state index in [9.17, 15) is 4.79 Å². The van der Waals surface area contributed by atoms with E-state index >= 15 is 0 Å². The van der Waals surface area contributed by atoms with Crippen LogP contribution in [-0.4, -0.2) is 35.4 Å². The molecule has 1 aliphatic rings. The van der Waals surface area contributed by atoms with Gasteiger partial charge in [0.15, 0.2) is 0 Å². The molecule has 22 heavy (non-hydrogen) atoms. The molecule has 116 valence electrons. The Kier molecular flexibility index (Phi) is 4.01. The normalized spacial score (nSPS) is 18.2. The number of aromatic nitrogens is 1. The van der Waals surface area contributed by atoms with Gasteiger partial charge >= 0.3 is 0 Å². The van der Waals surface area contributed by atoms with Crippen molar-refractivity contribution >= 4 is 22.5 Å². The first-order valence-electron chi connectivity index (χ1n) is 7.96. The number of hydrogen-bond donors (Lipinski definition) is 1. The summed E-state index contributed by atoms with van der Waals surface area (Å²) in [5.74, 6) is 0.669. The van der Waals surface area contributed by atoms with Crippen LogP contribution in [-0.2, 0) is 4.79 Å². The summed E-state index contributed by atoms with van der Waals surface area (Å²) in [6, 6.07) is 6.29. The molecule has 1 aromatic carbocycles. The molecule has 0 radical (unpaired) electrons. The Labute approximate surface area is 131 Å². The maximum absolute atomic E-state index is 11.8. The van der Waals surface area contributed by atoms with Crippen LogP contribution < -0.4 is 5.32 Å². The highest BCUT2D eigenvalue weighted by Crippen LogP contribution is 2.27. The highest BCUT2D eigenvalue weighted by molar-refractivity contribution is 5.93. The van der Waals surface area contributed by atoms with Crippen molar-refractivity contribution in [2.24, 2.45) is 5.92 Å². The molecule has 2 aromatic rings. The lowest BCUT2D eigenvalue weighted by molar-refractivity contribution is -0.127. The topological polar surface area (TPSA) is 45.2 Å². The number of anilines is 1. The third-order valence-electron chi connectivity index (χ3n) is 4.69. The van der Waals surface area contributed by atoms with E-state index in [0.717, 1.165) is 36.2 Å². The van der Waals surface area contributed by atoms with Crippen LogP contribution in [0.5, 0.6) is 0 Å². The van der Waals surface area contributed by atoms with E-state index in [-0.39, 0.29) is 5.91 Å². The van der Waals surface area contributed by atoms with Gasteiger partial charge in [-0.2, -0.15) is 0 Å². The second-order valence-electron chi connectivity index (χ2n) is 6.15. The van der Waals surface area contributed by atoms with Gasteiger partial charge < -0.3 is 10.2 Å². The summed E-state index contributed by atoms with van der Waals surface area (Å²) in [6.07, 6.45) is 2.51. The molecule has 1 fully saturated rings. The van der Waals surface area contributed by atoms with Gasteiger partial charge in [0.05, 0.1) is 5.52 Å². The van der Waals surface area contributed by atoms with E-state index in [1.165, 1.54) is 11.1 Å². The van der Waals surface area contributed by atoms with Crippen molar-refractivity contribution in [1.29, 1.82) is 0 Å². The van der Waals surface area contributed by atoms with Crippen molar-refractivity contribution in [3.05, 3.63) is 35.5 Å². The average Bonchev–Trinajstić information content (AvgIpc) is 2.89. The van der Waals surface area contributed by atoms with E-state index in [4.69, 9.17) is 0 Å². The van der Waals surface area contributed by atoms with Crippen molar-refractivity contribution < 1.29 is 4.79 Å². The SMILES string of the molecule is CCN1CC(CNc2ccnc3c(C)c(C)ccc23)CC1=O. The summed E-state index contributed by atoms with van der Waals surface area (Å²) in [5.41, 5.74) is 4.66. The van der Waals surface area contributed by atoms with Crippen LogP contribution in [0.2, 0.25) is 0 Å².